The maximum atomic E-state index is 12.1. The van der Waals surface area contributed by atoms with Crippen molar-refractivity contribution in [1.29, 1.82) is 0 Å². The van der Waals surface area contributed by atoms with Gasteiger partial charge >= 0.3 is 12.7 Å². The topological polar surface area (TPSA) is 18.5 Å². The highest BCUT2D eigenvalue weighted by Gasteiger charge is 2.32. The van der Waals surface area contributed by atoms with Crippen molar-refractivity contribution in [3.8, 4) is 22.6 Å². The summed E-state index contributed by atoms with van der Waals surface area (Å²) in [5.74, 6) is -0.919. The normalized spacial score (nSPS) is 12.1. The molecule has 0 heterocycles. The Morgan fingerprint density at radius 1 is 0.696 bits per heavy atom. The van der Waals surface area contributed by atoms with Gasteiger partial charge < -0.3 is 9.47 Å². The van der Waals surface area contributed by atoms with Crippen molar-refractivity contribution in [3.05, 3.63) is 47.5 Å². The third-order valence-corrected chi connectivity index (χ3v) is 2.89. The van der Waals surface area contributed by atoms with Gasteiger partial charge in [0.15, 0.2) is 0 Å². The molecule has 0 saturated carbocycles. The number of benzene rings is 2. The fraction of sp³-hybridized carbons (Fsp3) is 0.143. The van der Waals surface area contributed by atoms with Crippen LogP contribution in [0.2, 0.25) is 5.02 Å². The molecule has 9 heteroatoms. The number of halogens is 7. The van der Waals surface area contributed by atoms with E-state index in [2.05, 4.69) is 9.47 Å². The Morgan fingerprint density at radius 3 is 1.65 bits per heavy atom. The maximum Gasteiger partial charge on any atom is 0.573 e. The summed E-state index contributed by atoms with van der Waals surface area (Å²) < 4.78 is 79.9. The Hall–Kier alpha value is -2.09. The number of alkyl halides is 6. The number of hydrogen-bond donors (Lipinski definition) is 0. The van der Waals surface area contributed by atoms with E-state index in [4.69, 9.17) is 11.6 Å². The van der Waals surface area contributed by atoms with Crippen LogP contribution in [0.15, 0.2) is 42.5 Å². The molecule has 124 valence electrons. The molecule has 2 nitrogen and oxygen atoms in total. The van der Waals surface area contributed by atoms with Gasteiger partial charge in [-0.05, 0) is 35.9 Å². The van der Waals surface area contributed by atoms with Crippen molar-refractivity contribution >= 4 is 11.6 Å². The lowest BCUT2D eigenvalue weighted by molar-refractivity contribution is -0.275. The molecule has 0 amide bonds. The minimum atomic E-state index is -4.85. The summed E-state index contributed by atoms with van der Waals surface area (Å²) in [6, 6.07) is 8.01. The van der Waals surface area contributed by atoms with Crippen LogP contribution < -0.4 is 9.47 Å². The summed E-state index contributed by atoms with van der Waals surface area (Å²) in [6.07, 6.45) is -9.66. The van der Waals surface area contributed by atoms with E-state index in [0.717, 1.165) is 24.3 Å². The van der Waals surface area contributed by atoms with E-state index >= 15 is 0 Å². The maximum absolute atomic E-state index is 12.1. The second-order valence-corrected chi connectivity index (χ2v) is 4.67. The van der Waals surface area contributed by atoms with E-state index in [1.165, 1.54) is 18.2 Å². The minimum absolute atomic E-state index is 0.0451. The molecular formula is C14H7ClF6O2. The first-order valence-corrected chi connectivity index (χ1v) is 6.33. The molecule has 0 atom stereocenters. The largest absolute Gasteiger partial charge is 0.573 e. The molecule has 0 spiro atoms. The molecule has 0 unspecified atom stereocenters. The van der Waals surface area contributed by atoms with Crippen LogP contribution in [-0.2, 0) is 0 Å². The van der Waals surface area contributed by atoms with Gasteiger partial charge in [0.2, 0.25) is 0 Å². The molecule has 2 rings (SSSR count). The van der Waals surface area contributed by atoms with E-state index in [0.29, 0.717) is 11.1 Å². The molecule has 0 aliphatic carbocycles. The summed E-state index contributed by atoms with van der Waals surface area (Å²) in [5.41, 5.74) is 0.739. The van der Waals surface area contributed by atoms with E-state index in [1.807, 2.05) is 0 Å². The predicted molar refractivity (Wildman–Crippen MR) is 70.3 cm³/mol. The highest BCUT2D eigenvalue weighted by Crippen LogP contribution is 2.34. The van der Waals surface area contributed by atoms with Gasteiger partial charge in [0.25, 0.3) is 0 Å². The highest BCUT2D eigenvalue weighted by atomic mass is 35.5. The zero-order valence-corrected chi connectivity index (χ0v) is 11.8. The van der Waals surface area contributed by atoms with E-state index < -0.39 is 24.2 Å². The van der Waals surface area contributed by atoms with Crippen LogP contribution in [-0.4, -0.2) is 12.7 Å². The Balaban J connectivity index is 2.22. The smallest absolute Gasteiger partial charge is 0.406 e. The van der Waals surface area contributed by atoms with Crippen LogP contribution >= 0.6 is 11.6 Å². The van der Waals surface area contributed by atoms with Crippen LogP contribution in [0.1, 0.15) is 0 Å². The first kappa shape index (κ1) is 17.3. The Morgan fingerprint density at radius 2 is 1.17 bits per heavy atom. The summed E-state index contributed by atoms with van der Waals surface area (Å²) in [7, 11) is 0. The van der Waals surface area contributed by atoms with Crippen molar-refractivity contribution in [2.45, 2.75) is 12.7 Å². The Kier molecular flexibility index (Phi) is 4.65. The van der Waals surface area contributed by atoms with Crippen LogP contribution in [0.4, 0.5) is 26.3 Å². The average Bonchev–Trinajstić information content (AvgIpc) is 2.36. The second kappa shape index (κ2) is 6.19. The molecule has 0 aliphatic heterocycles. The van der Waals surface area contributed by atoms with Gasteiger partial charge in [-0.15, -0.1) is 26.3 Å². The van der Waals surface area contributed by atoms with Crippen LogP contribution in [0, 0.1) is 0 Å². The standard InChI is InChI=1S/C14H7ClF6O2/c15-12-7-10(23-14(19,20)21)5-6-11(12)8-1-3-9(4-2-8)22-13(16,17)18/h1-7H. The summed E-state index contributed by atoms with van der Waals surface area (Å²) in [4.78, 5) is 0. The van der Waals surface area contributed by atoms with E-state index in [1.54, 1.807) is 0 Å². The Bertz CT molecular complexity index is 679. The fourth-order valence-electron chi connectivity index (χ4n) is 1.76. The number of hydrogen-bond acceptors (Lipinski definition) is 2. The molecule has 0 fully saturated rings. The quantitative estimate of drug-likeness (QED) is 0.647. The van der Waals surface area contributed by atoms with Crippen molar-refractivity contribution in [2.75, 3.05) is 0 Å². The zero-order chi connectivity index (χ0) is 17.3. The van der Waals surface area contributed by atoms with Gasteiger partial charge in [-0.2, -0.15) is 0 Å². The van der Waals surface area contributed by atoms with Crippen LogP contribution in [0.25, 0.3) is 11.1 Å². The minimum Gasteiger partial charge on any atom is -0.406 e. The summed E-state index contributed by atoms with van der Waals surface area (Å²) >= 11 is 5.88. The molecule has 0 N–H and O–H groups in total. The summed E-state index contributed by atoms with van der Waals surface area (Å²) in [5, 5.41) is -0.0451. The van der Waals surface area contributed by atoms with Crippen molar-refractivity contribution in [3.63, 3.8) is 0 Å². The zero-order valence-electron chi connectivity index (χ0n) is 11.0. The molecule has 23 heavy (non-hydrogen) atoms. The molecular weight excluding hydrogens is 350 g/mol. The van der Waals surface area contributed by atoms with Gasteiger partial charge in [0.1, 0.15) is 11.5 Å². The molecule has 2 aromatic rings. The Labute approximate surface area is 131 Å². The van der Waals surface area contributed by atoms with Crippen LogP contribution in [0.5, 0.6) is 11.5 Å². The lowest BCUT2D eigenvalue weighted by atomic mass is 10.1. The lowest BCUT2D eigenvalue weighted by Gasteiger charge is -2.12. The van der Waals surface area contributed by atoms with Crippen molar-refractivity contribution in [1.82, 2.24) is 0 Å². The third-order valence-electron chi connectivity index (χ3n) is 2.57. The van der Waals surface area contributed by atoms with Gasteiger partial charge in [-0.25, -0.2) is 0 Å². The average molecular weight is 357 g/mol. The fourth-order valence-corrected chi connectivity index (χ4v) is 2.04. The number of ether oxygens (including phenoxy) is 2. The van der Waals surface area contributed by atoms with Gasteiger partial charge in [0, 0.05) is 5.56 Å². The van der Waals surface area contributed by atoms with E-state index in [-0.39, 0.29) is 5.02 Å². The van der Waals surface area contributed by atoms with Crippen molar-refractivity contribution < 1.29 is 35.8 Å². The first-order chi connectivity index (χ1) is 10.5. The monoisotopic (exact) mass is 356 g/mol. The molecule has 0 saturated heterocycles. The number of rotatable bonds is 3. The second-order valence-electron chi connectivity index (χ2n) is 4.26. The highest BCUT2D eigenvalue weighted by molar-refractivity contribution is 6.33. The van der Waals surface area contributed by atoms with Crippen LogP contribution in [0.3, 0.4) is 0 Å². The molecule has 0 radical (unpaired) electrons. The molecule has 0 aliphatic rings. The van der Waals surface area contributed by atoms with Gasteiger partial charge in [-0.3, -0.25) is 0 Å². The van der Waals surface area contributed by atoms with E-state index in [9.17, 15) is 26.3 Å². The first-order valence-electron chi connectivity index (χ1n) is 5.95. The lowest BCUT2D eigenvalue weighted by Crippen LogP contribution is -2.17. The molecule has 0 bridgehead atoms. The summed E-state index contributed by atoms with van der Waals surface area (Å²) in [6.45, 7) is 0. The SMILES string of the molecule is FC(F)(F)Oc1ccc(-c2ccc(OC(F)(F)F)cc2Cl)cc1. The van der Waals surface area contributed by atoms with Gasteiger partial charge in [-0.1, -0.05) is 23.7 Å². The van der Waals surface area contributed by atoms with Crippen molar-refractivity contribution in [2.24, 2.45) is 0 Å². The third kappa shape index (κ3) is 5.24. The molecule has 2 aromatic carbocycles. The predicted octanol–water partition coefficient (Wildman–Crippen LogP) is 5.80. The van der Waals surface area contributed by atoms with Gasteiger partial charge in [0.05, 0.1) is 5.02 Å². The molecule has 0 aromatic heterocycles.